The van der Waals surface area contributed by atoms with Gasteiger partial charge in [0.05, 0.1) is 32.5 Å². The number of aromatic amines is 1. The molecule has 1 aromatic heterocycles. The van der Waals surface area contributed by atoms with Crippen molar-refractivity contribution in [3.05, 3.63) is 66.4 Å². The zero-order chi connectivity index (χ0) is 25.6. The number of nitrogen functional groups attached to an aromatic ring is 1. The van der Waals surface area contributed by atoms with Gasteiger partial charge in [-0.25, -0.2) is 0 Å². The first-order valence-corrected chi connectivity index (χ1v) is 12.2. The molecule has 0 spiro atoms. The highest BCUT2D eigenvalue weighted by Gasteiger charge is 2.42. The van der Waals surface area contributed by atoms with Crippen molar-refractivity contribution >= 4 is 50.6 Å². The third kappa shape index (κ3) is 3.45. The highest BCUT2D eigenvalue weighted by Crippen LogP contribution is 2.49. The zero-order valence-corrected chi connectivity index (χ0v) is 21.2. The summed E-state index contributed by atoms with van der Waals surface area (Å²) >= 11 is 6.54. The molecule has 0 fully saturated rings. The van der Waals surface area contributed by atoms with E-state index in [-0.39, 0.29) is 17.9 Å². The van der Waals surface area contributed by atoms with Crippen molar-refractivity contribution in [1.29, 1.82) is 0 Å². The topological polar surface area (TPSA) is 89.8 Å². The van der Waals surface area contributed by atoms with Gasteiger partial charge in [-0.3, -0.25) is 4.79 Å². The fourth-order valence-electron chi connectivity index (χ4n) is 5.42. The van der Waals surface area contributed by atoms with E-state index >= 15 is 0 Å². The second-order valence-corrected chi connectivity index (χ2v) is 9.07. The van der Waals surface area contributed by atoms with E-state index in [1.54, 1.807) is 32.3 Å². The first-order valence-electron chi connectivity index (χ1n) is 11.6. The van der Waals surface area contributed by atoms with Gasteiger partial charge in [-0.2, -0.15) is 0 Å². The monoisotopic (exact) mass is 505 g/mol. The summed E-state index contributed by atoms with van der Waals surface area (Å²) in [6.07, 6.45) is 2.41. The minimum absolute atomic E-state index is 0.0757. The lowest BCUT2D eigenvalue weighted by Gasteiger charge is -2.27. The molecule has 2 heterocycles. The van der Waals surface area contributed by atoms with Gasteiger partial charge in [-0.1, -0.05) is 30.3 Å². The number of hydrogen-bond acceptors (Lipinski definition) is 5. The number of nitrogens with two attached hydrogens (primary N) is 1. The van der Waals surface area contributed by atoms with Crippen LogP contribution in [-0.4, -0.2) is 44.1 Å². The summed E-state index contributed by atoms with van der Waals surface area (Å²) in [6, 6.07) is 13.3. The number of aromatic nitrogens is 1. The number of benzene rings is 3. The second-order valence-electron chi connectivity index (χ2n) is 8.76. The number of nitrogens with one attached hydrogen (secondary N) is 1. The molecule has 0 bridgehead atoms. The van der Waals surface area contributed by atoms with Gasteiger partial charge in [0, 0.05) is 34.3 Å². The smallest absolute Gasteiger partial charge is 0.275 e. The van der Waals surface area contributed by atoms with Crippen LogP contribution in [0.4, 0.5) is 11.4 Å². The molecule has 7 nitrogen and oxygen atoms in total. The van der Waals surface area contributed by atoms with Crippen LogP contribution in [-0.2, 0) is 0 Å². The highest BCUT2D eigenvalue weighted by atomic mass is 35.5. The van der Waals surface area contributed by atoms with Crippen molar-refractivity contribution in [3.63, 3.8) is 0 Å². The lowest BCUT2D eigenvalue weighted by atomic mass is 9.90. The molecule has 3 N–H and O–H groups in total. The highest BCUT2D eigenvalue weighted by molar-refractivity contribution is 6.20. The molecule has 3 aromatic carbocycles. The van der Waals surface area contributed by atoms with Crippen LogP contribution in [0.5, 0.6) is 17.2 Å². The van der Waals surface area contributed by atoms with Crippen molar-refractivity contribution in [2.24, 2.45) is 0 Å². The van der Waals surface area contributed by atoms with Gasteiger partial charge in [-0.15, -0.1) is 18.2 Å². The molecule has 2 atom stereocenters. The molecule has 1 aliphatic heterocycles. The Hall–Kier alpha value is -3.84. The van der Waals surface area contributed by atoms with E-state index in [0.717, 1.165) is 27.4 Å². The normalized spacial score (nSPS) is 16.8. The van der Waals surface area contributed by atoms with Gasteiger partial charge in [0.15, 0.2) is 11.5 Å². The molecule has 4 aromatic rings. The number of amides is 1. The average Bonchev–Trinajstić information content (AvgIpc) is 3.46. The number of H-pyrrole nitrogens is 1. The SMILES string of the molecule is C=CCC1C(CCl)c2c(cc(N)c3ccccc23)N1C(=O)c1cc2cc(OC)c(OC)c(OC)c2[nH]1. The van der Waals surface area contributed by atoms with E-state index in [4.69, 9.17) is 31.5 Å². The van der Waals surface area contributed by atoms with Crippen molar-refractivity contribution < 1.29 is 19.0 Å². The number of carbonyl (C=O) groups excluding carboxylic acids is 1. The van der Waals surface area contributed by atoms with Crippen LogP contribution in [0.2, 0.25) is 0 Å². The summed E-state index contributed by atoms with van der Waals surface area (Å²) < 4.78 is 16.6. The molecule has 2 unspecified atom stereocenters. The molecule has 1 amide bonds. The molecular weight excluding hydrogens is 478 g/mol. The number of alkyl halides is 1. The van der Waals surface area contributed by atoms with Crippen molar-refractivity contribution in [2.45, 2.75) is 18.4 Å². The van der Waals surface area contributed by atoms with Crippen molar-refractivity contribution in [2.75, 3.05) is 37.8 Å². The summed E-state index contributed by atoms with van der Waals surface area (Å²) in [6.45, 7) is 3.94. The summed E-state index contributed by atoms with van der Waals surface area (Å²) in [5.74, 6) is 1.51. The van der Waals surface area contributed by atoms with Crippen LogP contribution in [0.15, 0.2) is 55.1 Å². The average molecular weight is 506 g/mol. The van der Waals surface area contributed by atoms with Crippen LogP contribution in [0.3, 0.4) is 0 Å². The maximum absolute atomic E-state index is 14.2. The predicted octanol–water partition coefficient (Wildman–Crippen LogP) is 5.86. The van der Waals surface area contributed by atoms with Gasteiger partial charge in [0.25, 0.3) is 5.91 Å². The van der Waals surface area contributed by atoms with Crippen LogP contribution >= 0.6 is 11.6 Å². The van der Waals surface area contributed by atoms with Gasteiger partial charge < -0.3 is 29.8 Å². The van der Waals surface area contributed by atoms with Gasteiger partial charge >= 0.3 is 0 Å². The Morgan fingerprint density at radius 2 is 1.83 bits per heavy atom. The van der Waals surface area contributed by atoms with E-state index in [9.17, 15) is 4.79 Å². The number of methoxy groups -OCH3 is 3. The summed E-state index contributed by atoms with van der Waals surface area (Å²) in [5, 5.41) is 2.72. The quantitative estimate of drug-likeness (QED) is 0.186. The zero-order valence-electron chi connectivity index (χ0n) is 20.4. The molecule has 5 rings (SSSR count). The Morgan fingerprint density at radius 3 is 2.47 bits per heavy atom. The first kappa shape index (κ1) is 23.9. The number of rotatable bonds is 7. The molecule has 36 heavy (non-hydrogen) atoms. The second kappa shape index (κ2) is 9.32. The maximum Gasteiger partial charge on any atom is 0.275 e. The fraction of sp³-hybridized carbons (Fsp3) is 0.250. The maximum atomic E-state index is 14.2. The summed E-state index contributed by atoms with van der Waals surface area (Å²) in [7, 11) is 4.65. The molecular formula is C28H28ClN3O4. The lowest BCUT2D eigenvalue weighted by molar-refractivity contribution is 0.0974. The Balaban J connectivity index is 1.71. The lowest BCUT2D eigenvalue weighted by Crippen LogP contribution is -2.39. The molecule has 8 heteroatoms. The standard InChI is InChI=1S/C28H28ClN3O4/c1-5-8-21-18(14-29)24-17-10-7-6-9-16(17)19(30)13-22(24)32(21)28(33)20-11-15-12-23(34-2)26(35-3)27(36-4)25(15)31-20/h5-7,9-13,18,21,31H,1,8,14,30H2,2-4H3. The Kier molecular flexibility index (Phi) is 6.18. The number of halogens is 1. The Labute approximate surface area is 214 Å². The minimum atomic E-state index is -0.204. The van der Waals surface area contributed by atoms with E-state index in [1.807, 2.05) is 42.5 Å². The number of fused-ring (bicyclic) bond motifs is 4. The molecule has 0 saturated heterocycles. The van der Waals surface area contributed by atoms with Crippen LogP contribution < -0.4 is 24.8 Å². The van der Waals surface area contributed by atoms with Gasteiger partial charge in [0.2, 0.25) is 5.75 Å². The largest absolute Gasteiger partial charge is 0.493 e. The molecule has 1 aliphatic rings. The van der Waals surface area contributed by atoms with Crippen LogP contribution in [0.25, 0.3) is 21.7 Å². The van der Waals surface area contributed by atoms with Crippen molar-refractivity contribution in [3.8, 4) is 17.2 Å². The van der Waals surface area contributed by atoms with E-state index < -0.39 is 0 Å². The van der Waals surface area contributed by atoms with E-state index in [0.29, 0.717) is 46.4 Å². The summed E-state index contributed by atoms with van der Waals surface area (Å²) in [5.41, 5.74) is 9.92. The number of hydrogen-bond donors (Lipinski definition) is 2. The van der Waals surface area contributed by atoms with Crippen molar-refractivity contribution in [1.82, 2.24) is 4.98 Å². The molecule has 0 aliphatic carbocycles. The number of anilines is 2. The molecule has 0 saturated carbocycles. The van der Waals surface area contributed by atoms with Crippen LogP contribution in [0.1, 0.15) is 28.4 Å². The van der Waals surface area contributed by atoms with E-state index in [2.05, 4.69) is 11.6 Å². The Morgan fingerprint density at radius 1 is 1.11 bits per heavy atom. The fourth-order valence-corrected chi connectivity index (χ4v) is 5.78. The van der Waals surface area contributed by atoms with E-state index in [1.165, 1.54) is 0 Å². The van der Waals surface area contributed by atoms with Gasteiger partial charge in [0.1, 0.15) is 5.69 Å². The summed E-state index contributed by atoms with van der Waals surface area (Å²) in [4.78, 5) is 19.2. The van der Waals surface area contributed by atoms with Crippen LogP contribution in [0, 0.1) is 0 Å². The predicted molar refractivity (Wildman–Crippen MR) is 145 cm³/mol. The first-order chi connectivity index (χ1) is 17.5. The minimum Gasteiger partial charge on any atom is -0.493 e. The number of carbonyl (C=O) groups is 1. The number of nitrogens with zero attached hydrogens (tertiary/aromatic N) is 1. The Bertz CT molecular complexity index is 1500. The van der Waals surface area contributed by atoms with Gasteiger partial charge in [-0.05, 0) is 35.6 Å². The third-order valence-electron chi connectivity index (χ3n) is 6.97. The molecule has 0 radical (unpaired) electrons. The molecule has 186 valence electrons. The third-order valence-corrected chi connectivity index (χ3v) is 7.30. The number of ether oxygens (including phenoxy) is 3.